The first kappa shape index (κ1) is 25.5. The van der Waals surface area contributed by atoms with Crippen molar-refractivity contribution in [2.45, 2.75) is 58.5 Å². The lowest BCUT2D eigenvalue weighted by atomic mass is 9.87. The third kappa shape index (κ3) is 4.87. The van der Waals surface area contributed by atoms with Gasteiger partial charge < -0.3 is 19.4 Å². The van der Waals surface area contributed by atoms with Gasteiger partial charge in [0.25, 0.3) is 5.91 Å². The molecule has 7 heteroatoms. The number of fused-ring (bicyclic) bond motifs is 1. The predicted molar refractivity (Wildman–Crippen MR) is 139 cm³/mol. The van der Waals surface area contributed by atoms with Crippen LogP contribution in [-0.2, 0) is 20.7 Å². The first-order valence-electron chi connectivity index (χ1n) is 12.5. The van der Waals surface area contributed by atoms with Crippen LogP contribution in [-0.4, -0.2) is 53.8 Å². The number of methoxy groups -OCH3 is 1. The summed E-state index contributed by atoms with van der Waals surface area (Å²) in [7, 11) is 1.56. The number of rotatable bonds is 7. The van der Waals surface area contributed by atoms with Gasteiger partial charge in [-0.2, -0.15) is 0 Å². The molecule has 7 nitrogen and oxygen atoms in total. The highest BCUT2D eigenvalue weighted by molar-refractivity contribution is 5.93. The lowest BCUT2D eigenvalue weighted by Crippen LogP contribution is -2.50. The summed E-state index contributed by atoms with van der Waals surface area (Å²) in [4.78, 5) is 41.2. The molecular weight excluding hydrogens is 456 g/mol. The first-order valence-corrected chi connectivity index (χ1v) is 12.5. The van der Waals surface area contributed by atoms with Crippen LogP contribution in [0, 0.1) is 0 Å². The molecule has 2 heterocycles. The Kier molecular flexibility index (Phi) is 7.20. The molecule has 1 aromatic heterocycles. The number of aldehydes is 1. The van der Waals surface area contributed by atoms with Crippen LogP contribution in [0.5, 0.6) is 5.75 Å². The molecule has 1 fully saturated rings. The van der Waals surface area contributed by atoms with Crippen molar-refractivity contribution in [2.24, 2.45) is 0 Å². The Hall–Kier alpha value is -3.61. The molecule has 1 aliphatic rings. The fourth-order valence-corrected chi connectivity index (χ4v) is 5.31. The average molecular weight is 491 g/mol. The summed E-state index contributed by atoms with van der Waals surface area (Å²) in [6.45, 7) is 8.01. The van der Waals surface area contributed by atoms with Crippen LogP contribution in [0.25, 0.3) is 22.2 Å². The highest BCUT2D eigenvalue weighted by Gasteiger charge is 2.36. The molecule has 1 N–H and O–H groups in total. The van der Waals surface area contributed by atoms with E-state index in [-0.39, 0.29) is 5.91 Å². The number of aromatic amines is 1. The molecule has 4 rings (SSSR count). The summed E-state index contributed by atoms with van der Waals surface area (Å²) >= 11 is 0. The molecule has 36 heavy (non-hydrogen) atoms. The molecule has 0 radical (unpaired) electrons. The van der Waals surface area contributed by atoms with Gasteiger partial charge in [0.05, 0.1) is 12.7 Å². The van der Waals surface area contributed by atoms with Crippen LogP contribution >= 0.6 is 0 Å². The maximum Gasteiger partial charge on any atom is 0.303 e. The van der Waals surface area contributed by atoms with Crippen LogP contribution in [0.1, 0.15) is 67.9 Å². The van der Waals surface area contributed by atoms with Crippen molar-refractivity contribution in [3.8, 4) is 17.0 Å². The topological polar surface area (TPSA) is 88.7 Å². The van der Waals surface area contributed by atoms with E-state index in [2.05, 4.69) is 30.1 Å². The van der Waals surface area contributed by atoms with Gasteiger partial charge in [0.1, 0.15) is 5.75 Å². The number of likely N-dealkylation sites (tertiary alicyclic amines) is 1. The van der Waals surface area contributed by atoms with Gasteiger partial charge in [-0.25, -0.2) is 0 Å². The molecule has 0 atom stereocenters. The SMILES string of the molecule is CCc1c(-c2ccc(OC)c(C=O)c2)[nH]c2ccc(C3CCN(C(=O)C(C)(C)OC(C)=O)CC3)cc12. The predicted octanol–water partition coefficient (Wildman–Crippen LogP) is 5.27. The van der Waals surface area contributed by atoms with E-state index in [1.54, 1.807) is 25.9 Å². The summed E-state index contributed by atoms with van der Waals surface area (Å²) in [6, 6.07) is 12.2. The summed E-state index contributed by atoms with van der Waals surface area (Å²) in [5.74, 6) is 0.308. The van der Waals surface area contributed by atoms with Gasteiger partial charge in [-0.05, 0) is 86.1 Å². The lowest BCUT2D eigenvalue weighted by molar-refractivity contribution is -0.169. The number of nitrogens with zero attached hydrogens (tertiary/aromatic N) is 1. The Balaban J connectivity index is 1.57. The second-order valence-electron chi connectivity index (χ2n) is 9.88. The number of aromatic nitrogens is 1. The van der Waals surface area contributed by atoms with E-state index in [0.29, 0.717) is 30.3 Å². The number of esters is 1. The molecule has 0 unspecified atom stereocenters. The molecule has 1 saturated heterocycles. The third-order valence-corrected chi connectivity index (χ3v) is 7.10. The molecule has 1 amide bonds. The first-order chi connectivity index (χ1) is 17.2. The van der Waals surface area contributed by atoms with Crippen molar-refractivity contribution in [1.82, 2.24) is 9.88 Å². The molecule has 1 aliphatic heterocycles. The largest absolute Gasteiger partial charge is 0.496 e. The molecule has 3 aromatic rings. The zero-order valence-corrected chi connectivity index (χ0v) is 21.6. The van der Waals surface area contributed by atoms with Gasteiger partial charge in [-0.3, -0.25) is 14.4 Å². The van der Waals surface area contributed by atoms with Gasteiger partial charge in [0, 0.05) is 36.6 Å². The molecule has 2 aromatic carbocycles. The minimum absolute atomic E-state index is 0.149. The quantitative estimate of drug-likeness (QED) is 0.360. The van der Waals surface area contributed by atoms with Gasteiger partial charge >= 0.3 is 5.97 Å². The van der Waals surface area contributed by atoms with E-state index in [0.717, 1.165) is 42.3 Å². The number of carbonyl (C=O) groups excluding carboxylic acids is 3. The summed E-state index contributed by atoms with van der Waals surface area (Å²) < 4.78 is 10.5. The molecule has 190 valence electrons. The van der Waals surface area contributed by atoms with E-state index in [4.69, 9.17) is 9.47 Å². The van der Waals surface area contributed by atoms with Crippen molar-refractivity contribution < 1.29 is 23.9 Å². The molecular formula is C29H34N2O5. The van der Waals surface area contributed by atoms with E-state index in [9.17, 15) is 14.4 Å². The minimum Gasteiger partial charge on any atom is -0.496 e. The average Bonchev–Trinajstić information content (AvgIpc) is 3.25. The van der Waals surface area contributed by atoms with Crippen LogP contribution in [0.15, 0.2) is 36.4 Å². The Morgan fingerprint density at radius 1 is 1.14 bits per heavy atom. The third-order valence-electron chi connectivity index (χ3n) is 7.10. The fraction of sp³-hybridized carbons (Fsp3) is 0.414. The molecule has 0 bridgehead atoms. The van der Waals surface area contributed by atoms with Gasteiger partial charge in [-0.1, -0.05) is 13.0 Å². The molecule has 0 aliphatic carbocycles. The van der Waals surface area contributed by atoms with Crippen molar-refractivity contribution >= 4 is 29.1 Å². The maximum atomic E-state index is 12.9. The number of piperidine rings is 1. The summed E-state index contributed by atoms with van der Waals surface area (Å²) in [6.07, 6.45) is 3.37. The van der Waals surface area contributed by atoms with Crippen LogP contribution in [0.3, 0.4) is 0 Å². The molecule has 0 saturated carbocycles. The van der Waals surface area contributed by atoms with Crippen LogP contribution in [0.4, 0.5) is 0 Å². The number of aryl methyl sites for hydroxylation is 1. The maximum absolute atomic E-state index is 12.9. The van der Waals surface area contributed by atoms with Crippen molar-refractivity contribution in [2.75, 3.05) is 20.2 Å². The highest BCUT2D eigenvalue weighted by Crippen LogP contribution is 2.36. The number of amides is 1. The van der Waals surface area contributed by atoms with E-state index in [1.165, 1.54) is 23.4 Å². The number of hydrogen-bond acceptors (Lipinski definition) is 5. The zero-order chi connectivity index (χ0) is 26.0. The van der Waals surface area contributed by atoms with Gasteiger partial charge in [-0.15, -0.1) is 0 Å². The Morgan fingerprint density at radius 2 is 1.86 bits per heavy atom. The Labute approximate surface area is 211 Å². The van der Waals surface area contributed by atoms with Crippen LogP contribution in [0.2, 0.25) is 0 Å². The second-order valence-corrected chi connectivity index (χ2v) is 9.88. The van der Waals surface area contributed by atoms with Crippen molar-refractivity contribution in [1.29, 1.82) is 0 Å². The normalized spacial score (nSPS) is 14.6. The van der Waals surface area contributed by atoms with Crippen LogP contribution < -0.4 is 4.74 Å². The number of ether oxygens (including phenoxy) is 2. The standard InChI is InChI=1S/C29H34N2O5/c1-6-23-24-16-20(19-11-13-31(14-12-19)28(34)29(3,4)36-18(2)33)7-9-25(24)30-27(23)21-8-10-26(35-5)22(15-21)17-32/h7-10,15-17,19,30H,6,11-14H2,1-5H3. The van der Waals surface area contributed by atoms with Crippen molar-refractivity contribution in [3.05, 3.63) is 53.1 Å². The Bertz CT molecular complexity index is 1300. The van der Waals surface area contributed by atoms with Gasteiger partial charge in [0.2, 0.25) is 0 Å². The number of hydrogen-bond donors (Lipinski definition) is 1. The minimum atomic E-state index is -1.15. The van der Waals surface area contributed by atoms with E-state index >= 15 is 0 Å². The molecule has 0 spiro atoms. The van der Waals surface area contributed by atoms with E-state index < -0.39 is 11.6 Å². The number of carbonyl (C=O) groups is 3. The second kappa shape index (κ2) is 10.2. The number of nitrogens with one attached hydrogen (secondary N) is 1. The summed E-state index contributed by atoms with van der Waals surface area (Å²) in [5.41, 5.74) is 4.87. The fourth-order valence-electron chi connectivity index (χ4n) is 5.31. The Morgan fingerprint density at radius 3 is 2.47 bits per heavy atom. The summed E-state index contributed by atoms with van der Waals surface area (Å²) in [5, 5.41) is 1.18. The monoisotopic (exact) mass is 490 g/mol. The van der Waals surface area contributed by atoms with Gasteiger partial charge in [0.15, 0.2) is 11.9 Å². The smallest absolute Gasteiger partial charge is 0.303 e. The highest BCUT2D eigenvalue weighted by atomic mass is 16.6. The lowest BCUT2D eigenvalue weighted by Gasteiger charge is -2.36. The van der Waals surface area contributed by atoms with E-state index in [1.807, 2.05) is 18.2 Å². The van der Waals surface area contributed by atoms with Crippen molar-refractivity contribution in [3.63, 3.8) is 0 Å². The number of benzene rings is 2. The zero-order valence-electron chi connectivity index (χ0n) is 21.6. The number of H-pyrrole nitrogens is 1.